The van der Waals surface area contributed by atoms with Crippen molar-refractivity contribution in [3.63, 3.8) is 0 Å². The van der Waals surface area contributed by atoms with Crippen LogP contribution in [0.1, 0.15) is 10.4 Å². The largest absolute Gasteiger partial charge is 0.298 e. The fraction of sp³-hybridized carbons (Fsp3) is 0. The minimum absolute atomic E-state index is 0.512. The highest BCUT2D eigenvalue weighted by molar-refractivity contribution is 6.38. The Morgan fingerprint density at radius 2 is 1.60 bits per heavy atom. The molecule has 0 fully saturated rings. The number of carbonyl (C=O) groups excluding carboxylic acids is 1. The number of rotatable bonds is 1. The zero-order valence-electron chi connectivity index (χ0n) is 5.37. The van der Waals surface area contributed by atoms with Crippen LogP contribution in [-0.2, 0) is 0 Å². The van der Waals surface area contributed by atoms with Crippen molar-refractivity contribution < 1.29 is 4.79 Å². The van der Waals surface area contributed by atoms with E-state index in [4.69, 9.17) is 15.7 Å². The molecule has 0 bridgehead atoms. The van der Waals surface area contributed by atoms with Crippen LogP contribution in [0, 0.1) is 0 Å². The molecule has 1 aromatic carbocycles. The Bertz CT molecular complexity index is 238. The lowest BCUT2D eigenvalue weighted by atomic mass is 9.86. The number of hydrogen-bond donors (Lipinski definition) is 0. The molecule has 0 spiro atoms. The van der Waals surface area contributed by atoms with Gasteiger partial charge in [-0.3, -0.25) is 4.79 Å². The van der Waals surface area contributed by atoms with Crippen LogP contribution in [0.25, 0.3) is 0 Å². The van der Waals surface area contributed by atoms with Crippen LogP contribution in [0.2, 0.25) is 0 Å². The van der Waals surface area contributed by atoms with Crippen molar-refractivity contribution >= 4 is 32.9 Å². The first-order valence-corrected chi connectivity index (χ1v) is 2.83. The fourth-order valence-corrected chi connectivity index (χ4v) is 0.770. The highest BCUT2D eigenvalue weighted by atomic mass is 16.1. The normalized spacial score (nSPS) is 9.20. The Kier molecular flexibility index (Phi) is 1.95. The topological polar surface area (TPSA) is 17.1 Å². The molecule has 44 valence electrons. The minimum Gasteiger partial charge on any atom is -0.298 e. The van der Waals surface area contributed by atoms with E-state index in [-0.39, 0.29) is 0 Å². The van der Waals surface area contributed by atoms with Crippen molar-refractivity contribution in [2.75, 3.05) is 0 Å². The molecule has 1 aromatic rings. The average Bonchev–Trinajstić information content (AvgIpc) is 1.85. The van der Waals surface area contributed by atoms with E-state index in [2.05, 4.69) is 0 Å². The van der Waals surface area contributed by atoms with E-state index in [1.165, 1.54) is 0 Å². The summed E-state index contributed by atoms with van der Waals surface area (Å²) in [7, 11) is 10.8. The number of benzene rings is 1. The standard InChI is InChI=1S/C7H4B2O/c8-6-1-5(4-10)2-7(9)3-6/h1-4H. The predicted octanol–water partition coefficient (Wildman–Crippen LogP) is -0.913. The molecular weight excluding hydrogens is 122 g/mol. The van der Waals surface area contributed by atoms with E-state index >= 15 is 0 Å². The first kappa shape index (κ1) is 7.13. The van der Waals surface area contributed by atoms with Crippen molar-refractivity contribution in [1.29, 1.82) is 0 Å². The van der Waals surface area contributed by atoms with Crippen LogP contribution in [0.3, 0.4) is 0 Å². The summed E-state index contributed by atoms with van der Waals surface area (Å²) in [5.41, 5.74) is 1.54. The molecule has 1 rings (SSSR count). The van der Waals surface area contributed by atoms with Crippen LogP contribution < -0.4 is 10.9 Å². The second-order valence-electron chi connectivity index (χ2n) is 2.05. The molecule has 10 heavy (non-hydrogen) atoms. The minimum atomic E-state index is 0.512. The predicted molar refractivity (Wildman–Crippen MR) is 42.6 cm³/mol. The molecule has 3 heteroatoms. The SMILES string of the molecule is [B]c1cc([B])cc(C=O)c1. The van der Waals surface area contributed by atoms with Gasteiger partial charge in [0.05, 0.1) is 0 Å². The van der Waals surface area contributed by atoms with Gasteiger partial charge in [0.2, 0.25) is 0 Å². The van der Waals surface area contributed by atoms with Crippen LogP contribution in [-0.4, -0.2) is 22.0 Å². The first-order chi connectivity index (χ1) is 4.72. The van der Waals surface area contributed by atoms with Crippen LogP contribution in [0.15, 0.2) is 18.2 Å². The first-order valence-electron chi connectivity index (χ1n) is 2.83. The zero-order valence-corrected chi connectivity index (χ0v) is 5.37. The summed E-state index contributed by atoms with van der Waals surface area (Å²) in [6, 6.07) is 4.75. The second kappa shape index (κ2) is 2.74. The molecule has 0 aliphatic carbocycles. The molecule has 0 aromatic heterocycles. The van der Waals surface area contributed by atoms with Gasteiger partial charge < -0.3 is 0 Å². The zero-order chi connectivity index (χ0) is 7.56. The van der Waals surface area contributed by atoms with Crippen molar-refractivity contribution in [3.05, 3.63) is 23.8 Å². The van der Waals surface area contributed by atoms with Crippen molar-refractivity contribution in [2.24, 2.45) is 0 Å². The molecule has 0 N–H and O–H groups in total. The number of carbonyl (C=O) groups is 1. The van der Waals surface area contributed by atoms with E-state index in [1.807, 2.05) is 0 Å². The summed E-state index contributed by atoms with van der Waals surface area (Å²) in [6.07, 6.45) is 0.715. The molecule has 0 heterocycles. The van der Waals surface area contributed by atoms with Gasteiger partial charge in [-0.15, -0.1) is 0 Å². The molecule has 0 saturated carbocycles. The Morgan fingerprint density at radius 3 is 2.00 bits per heavy atom. The van der Waals surface area contributed by atoms with Gasteiger partial charge in [0.15, 0.2) is 0 Å². The molecule has 0 amide bonds. The van der Waals surface area contributed by atoms with Gasteiger partial charge in [-0.05, 0) is 0 Å². The van der Waals surface area contributed by atoms with E-state index in [1.54, 1.807) is 18.2 Å². The molecule has 0 saturated heterocycles. The number of aldehydes is 1. The van der Waals surface area contributed by atoms with Gasteiger partial charge in [0.25, 0.3) is 0 Å². The molecule has 0 atom stereocenters. The summed E-state index contributed by atoms with van der Waals surface area (Å²) in [5.74, 6) is 0. The summed E-state index contributed by atoms with van der Waals surface area (Å²) in [4.78, 5) is 10.2. The van der Waals surface area contributed by atoms with E-state index in [0.29, 0.717) is 22.8 Å². The van der Waals surface area contributed by atoms with Gasteiger partial charge in [-0.25, -0.2) is 0 Å². The molecule has 4 radical (unpaired) electrons. The third kappa shape index (κ3) is 1.50. The van der Waals surface area contributed by atoms with Crippen LogP contribution >= 0.6 is 0 Å². The van der Waals surface area contributed by atoms with E-state index in [9.17, 15) is 4.79 Å². The highest BCUT2D eigenvalue weighted by Crippen LogP contribution is 1.86. The quantitative estimate of drug-likeness (QED) is 0.351. The molecule has 0 aliphatic heterocycles. The maximum atomic E-state index is 10.2. The summed E-state index contributed by atoms with van der Waals surface area (Å²) >= 11 is 0. The molecular formula is C7H4B2O. The van der Waals surface area contributed by atoms with Crippen molar-refractivity contribution in [1.82, 2.24) is 0 Å². The lowest BCUT2D eigenvalue weighted by molar-refractivity contribution is 0.112. The summed E-state index contributed by atoms with van der Waals surface area (Å²) < 4.78 is 0. The molecule has 0 aliphatic rings. The Morgan fingerprint density at radius 1 is 1.10 bits per heavy atom. The second-order valence-corrected chi connectivity index (χ2v) is 2.05. The van der Waals surface area contributed by atoms with Gasteiger partial charge in [-0.1, -0.05) is 29.1 Å². The Labute approximate surface area is 62.3 Å². The van der Waals surface area contributed by atoms with Crippen molar-refractivity contribution in [3.8, 4) is 0 Å². The van der Waals surface area contributed by atoms with Crippen LogP contribution in [0.5, 0.6) is 0 Å². The summed E-state index contributed by atoms with van der Waals surface area (Å²) in [5, 5.41) is 0. The maximum Gasteiger partial charge on any atom is 0.150 e. The average molecular weight is 126 g/mol. The Balaban J connectivity index is 3.18. The van der Waals surface area contributed by atoms with E-state index in [0.717, 1.165) is 0 Å². The van der Waals surface area contributed by atoms with Crippen molar-refractivity contribution in [2.45, 2.75) is 0 Å². The summed E-state index contributed by atoms with van der Waals surface area (Å²) in [6.45, 7) is 0. The smallest absolute Gasteiger partial charge is 0.150 e. The van der Waals surface area contributed by atoms with Gasteiger partial charge in [0.1, 0.15) is 22.0 Å². The number of hydrogen-bond acceptors (Lipinski definition) is 1. The van der Waals surface area contributed by atoms with E-state index < -0.39 is 0 Å². The lowest BCUT2D eigenvalue weighted by Gasteiger charge is -1.97. The Hall–Kier alpha value is -0.980. The molecule has 1 nitrogen and oxygen atoms in total. The van der Waals surface area contributed by atoms with Gasteiger partial charge in [-0.2, -0.15) is 0 Å². The van der Waals surface area contributed by atoms with Gasteiger partial charge >= 0.3 is 0 Å². The maximum absolute atomic E-state index is 10.2. The molecule has 0 unspecified atom stereocenters. The third-order valence-electron chi connectivity index (χ3n) is 1.14. The lowest BCUT2D eigenvalue weighted by Crippen LogP contribution is -2.14. The monoisotopic (exact) mass is 126 g/mol. The highest BCUT2D eigenvalue weighted by Gasteiger charge is 1.91. The fourth-order valence-electron chi connectivity index (χ4n) is 0.770. The third-order valence-corrected chi connectivity index (χ3v) is 1.14. The van der Waals surface area contributed by atoms with Gasteiger partial charge in [0, 0.05) is 5.56 Å². The van der Waals surface area contributed by atoms with Crippen LogP contribution in [0.4, 0.5) is 0 Å².